The summed E-state index contributed by atoms with van der Waals surface area (Å²) in [5, 5.41) is 17.7. The Morgan fingerprint density at radius 1 is 1.16 bits per heavy atom. The molecule has 11 nitrogen and oxygen atoms in total. The standard InChI is InChI=1S/C21H28N6O5/c1-4-24-9-11-25(12-10-24)18-7-5-17(6-8-18)22-19(28)14-32-20(29)13-26-16(3)21(27(30)31)15(2)23-26/h5-8H,4,9-14H2,1-3H3,(H,22,28). The number of carbonyl (C=O) groups excluding carboxylic acids is 2. The van der Waals surface area contributed by atoms with Gasteiger partial charge in [-0.2, -0.15) is 5.10 Å². The molecule has 1 aliphatic rings. The van der Waals surface area contributed by atoms with Gasteiger partial charge >= 0.3 is 11.7 Å². The van der Waals surface area contributed by atoms with Crippen LogP contribution >= 0.6 is 0 Å². The molecule has 32 heavy (non-hydrogen) atoms. The third kappa shape index (κ3) is 5.61. The summed E-state index contributed by atoms with van der Waals surface area (Å²) in [7, 11) is 0. The molecule has 172 valence electrons. The second-order valence-corrected chi connectivity index (χ2v) is 7.61. The first-order valence-corrected chi connectivity index (χ1v) is 10.5. The van der Waals surface area contributed by atoms with Gasteiger partial charge in [0.05, 0.1) is 4.92 Å². The van der Waals surface area contributed by atoms with Crippen molar-refractivity contribution in [1.29, 1.82) is 0 Å². The van der Waals surface area contributed by atoms with E-state index >= 15 is 0 Å². The third-order valence-electron chi connectivity index (χ3n) is 5.50. The lowest BCUT2D eigenvalue weighted by Crippen LogP contribution is -2.46. The highest BCUT2D eigenvalue weighted by atomic mass is 16.6. The van der Waals surface area contributed by atoms with Crippen LogP contribution in [0, 0.1) is 24.0 Å². The van der Waals surface area contributed by atoms with Gasteiger partial charge < -0.3 is 19.9 Å². The highest BCUT2D eigenvalue weighted by Crippen LogP contribution is 2.22. The summed E-state index contributed by atoms with van der Waals surface area (Å²) < 4.78 is 6.19. The van der Waals surface area contributed by atoms with Gasteiger partial charge in [0.1, 0.15) is 17.9 Å². The summed E-state index contributed by atoms with van der Waals surface area (Å²) in [4.78, 5) is 39.4. The molecule has 0 saturated carbocycles. The number of ether oxygens (including phenoxy) is 1. The number of benzene rings is 1. The number of nitrogens with zero attached hydrogens (tertiary/aromatic N) is 5. The minimum absolute atomic E-state index is 0.133. The molecule has 1 aliphatic heterocycles. The molecule has 0 spiro atoms. The lowest BCUT2D eigenvalue weighted by Gasteiger charge is -2.35. The van der Waals surface area contributed by atoms with E-state index in [9.17, 15) is 19.7 Å². The van der Waals surface area contributed by atoms with Crippen molar-refractivity contribution in [3.05, 3.63) is 45.8 Å². The number of nitro groups is 1. The van der Waals surface area contributed by atoms with Crippen LogP contribution in [0.25, 0.3) is 0 Å². The van der Waals surface area contributed by atoms with Crippen LogP contribution in [0.15, 0.2) is 24.3 Å². The van der Waals surface area contributed by atoms with E-state index in [4.69, 9.17) is 4.74 Å². The van der Waals surface area contributed by atoms with Gasteiger partial charge in [0.15, 0.2) is 6.61 Å². The minimum atomic E-state index is -0.706. The first kappa shape index (κ1) is 23.2. The number of aromatic nitrogens is 2. The molecule has 3 rings (SSSR count). The Labute approximate surface area is 186 Å². The fourth-order valence-electron chi connectivity index (χ4n) is 3.69. The Morgan fingerprint density at radius 2 is 1.81 bits per heavy atom. The molecule has 2 aromatic rings. The number of piperazine rings is 1. The zero-order chi connectivity index (χ0) is 23.3. The monoisotopic (exact) mass is 444 g/mol. The zero-order valence-corrected chi connectivity index (χ0v) is 18.5. The number of rotatable bonds is 8. The largest absolute Gasteiger partial charge is 0.454 e. The lowest BCUT2D eigenvalue weighted by atomic mass is 10.2. The van der Waals surface area contributed by atoms with E-state index in [0.29, 0.717) is 5.69 Å². The third-order valence-corrected chi connectivity index (χ3v) is 5.50. The molecule has 1 amide bonds. The van der Waals surface area contributed by atoms with Gasteiger partial charge in [0, 0.05) is 37.6 Å². The number of nitrogens with one attached hydrogen (secondary N) is 1. The Hall–Kier alpha value is -3.47. The highest BCUT2D eigenvalue weighted by molar-refractivity contribution is 5.92. The quantitative estimate of drug-likeness (QED) is 0.371. The molecule has 1 saturated heterocycles. The van der Waals surface area contributed by atoms with Crippen molar-refractivity contribution < 1.29 is 19.2 Å². The van der Waals surface area contributed by atoms with Crippen molar-refractivity contribution in [1.82, 2.24) is 14.7 Å². The lowest BCUT2D eigenvalue weighted by molar-refractivity contribution is -0.386. The number of anilines is 2. The normalized spacial score (nSPS) is 14.3. The molecule has 0 bridgehead atoms. The van der Waals surface area contributed by atoms with Gasteiger partial charge in [-0.25, -0.2) is 0 Å². The Morgan fingerprint density at radius 3 is 2.38 bits per heavy atom. The molecular weight excluding hydrogens is 416 g/mol. The predicted molar refractivity (Wildman–Crippen MR) is 119 cm³/mol. The summed E-state index contributed by atoms with van der Waals surface area (Å²) in [6.45, 7) is 9.45. The molecule has 1 N–H and O–H groups in total. The molecule has 0 radical (unpaired) electrons. The van der Waals surface area contributed by atoms with Crippen LogP contribution in [0.2, 0.25) is 0 Å². The van der Waals surface area contributed by atoms with Crippen LogP contribution in [0.4, 0.5) is 17.1 Å². The van der Waals surface area contributed by atoms with Crippen LogP contribution in [0.3, 0.4) is 0 Å². The molecule has 0 aliphatic carbocycles. The maximum Gasteiger partial charge on any atom is 0.328 e. The average Bonchev–Trinajstić information content (AvgIpc) is 3.05. The van der Waals surface area contributed by atoms with Crippen LogP contribution in [-0.4, -0.2) is 70.8 Å². The summed E-state index contributed by atoms with van der Waals surface area (Å²) in [6.07, 6.45) is 0. The number of esters is 1. The SMILES string of the molecule is CCN1CCN(c2ccc(NC(=O)COC(=O)Cn3nc(C)c([N+](=O)[O-])c3C)cc2)CC1. The smallest absolute Gasteiger partial charge is 0.328 e. The first-order valence-electron chi connectivity index (χ1n) is 10.5. The number of amides is 1. The Kier molecular flexibility index (Phi) is 7.41. The van der Waals surface area contributed by atoms with Gasteiger partial charge in [-0.05, 0) is 44.7 Å². The number of likely N-dealkylation sites (N-methyl/N-ethyl adjacent to an activating group) is 1. The van der Waals surface area contributed by atoms with Gasteiger partial charge in [0.25, 0.3) is 5.91 Å². The number of hydrogen-bond acceptors (Lipinski definition) is 8. The molecule has 1 fully saturated rings. The van der Waals surface area contributed by atoms with Crippen LogP contribution in [0.1, 0.15) is 18.3 Å². The van der Waals surface area contributed by atoms with Gasteiger partial charge in [-0.3, -0.25) is 24.4 Å². The second-order valence-electron chi connectivity index (χ2n) is 7.61. The van der Waals surface area contributed by atoms with Crippen molar-refractivity contribution in [3.63, 3.8) is 0 Å². The fourth-order valence-corrected chi connectivity index (χ4v) is 3.69. The van der Waals surface area contributed by atoms with Gasteiger partial charge in [-0.15, -0.1) is 0 Å². The van der Waals surface area contributed by atoms with E-state index in [2.05, 4.69) is 27.1 Å². The van der Waals surface area contributed by atoms with Gasteiger partial charge in [-0.1, -0.05) is 6.92 Å². The Balaban J connectivity index is 1.46. The van der Waals surface area contributed by atoms with Crippen molar-refractivity contribution >= 4 is 28.9 Å². The van der Waals surface area contributed by atoms with E-state index in [1.807, 2.05) is 24.3 Å². The van der Waals surface area contributed by atoms with Crippen molar-refractivity contribution in [2.45, 2.75) is 27.3 Å². The number of carbonyl (C=O) groups is 2. The van der Waals surface area contributed by atoms with Gasteiger partial charge in [0.2, 0.25) is 0 Å². The van der Waals surface area contributed by atoms with E-state index < -0.39 is 23.4 Å². The van der Waals surface area contributed by atoms with E-state index in [0.717, 1.165) is 38.4 Å². The highest BCUT2D eigenvalue weighted by Gasteiger charge is 2.23. The average molecular weight is 444 g/mol. The molecule has 2 heterocycles. The molecule has 0 unspecified atom stereocenters. The van der Waals surface area contributed by atoms with Crippen LogP contribution < -0.4 is 10.2 Å². The topological polar surface area (TPSA) is 123 Å². The first-order chi connectivity index (χ1) is 15.3. The van der Waals surface area contributed by atoms with E-state index in [1.54, 1.807) is 0 Å². The molecule has 11 heteroatoms. The van der Waals surface area contributed by atoms with Crippen molar-refractivity contribution in [3.8, 4) is 0 Å². The van der Waals surface area contributed by atoms with E-state index in [-0.39, 0.29) is 23.6 Å². The molecule has 0 atom stereocenters. The summed E-state index contributed by atoms with van der Waals surface area (Å²) in [6, 6.07) is 7.55. The summed E-state index contributed by atoms with van der Waals surface area (Å²) in [5.41, 5.74) is 2.05. The predicted octanol–water partition coefficient (Wildman–Crippen LogP) is 1.73. The summed E-state index contributed by atoms with van der Waals surface area (Å²) >= 11 is 0. The number of aryl methyl sites for hydroxylation is 1. The molecule has 1 aromatic carbocycles. The fraction of sp³-hybridized carbons (Fsp3) is 0.476. The maximum atomic E-state index is 12.1. The second kappa shape index (κ2) is 10.2. The van der Waals surface area contributed by atoms with Crippen LogP contribution in [-0.2, 0) is 20.9 Å². The Bertz CT molecular complexity index is 979. The van der Waals surface area contributed by atoms with Crippen molar-refractivity contribution in [2.75, 3.05) is 49.5 Å². The number of hydrogen-bond donors (Lipinski definition) is 1. The summed E-state index contributed by atoms with van der Waals surface area (Å²) in [5.74, 6) is -1.18. The van der Waals surface area contributed by atoms with Crippen molar-refractivity contribution in [2.24, 2.45) is 0 Å². The zero-order valence-electron chi connectivity index (χ0n) is 18.5. The molecule has 1 aromatic heterocycles. The van der Waals surface area contributed by atoms with Crippen LogP contribution in [0.5, 0.6) is 0 Å². The van der Waals surface area contributed by atoms with E-state index in [1.165, 1.54) is 18.5 Å². The maximum absolute atomic E-state index is 12.1. The minimum Gasteiger partial charge on any atom is -0.454 e. The molecular formula is C21H28N6O5.